The van der Waals surface area contributed by atoms with Crippen molar-refractivity contribution < 1.29 is 9.84 Å². The molecule has 28 heavy (non-hydrogen) atoms. The highest BCUT2D eigenvalue weighted by molar-refractivity contribution is 14.0. The summed E-state index contributed by atoms with van der Waals surface area (Å²) in [5.74, 6) is 1.30. The highest BCUT2D eigenvalue weighted by atomic mass is 127. The van der Waals surface area contributed by atoms with E-state index in [1.54, 1.807) is 0 Å². The van der Waals surface area contributed by atoms with Crippen LogP contribution in [0.1, 0.15) is 65.7 Å². The van der Waals surface area contributed by atoms with Crippen LogP contribution in [0.5, 0.6) is 0 Å². The van der Waals surface area contributed by atoms with Gasteiger partial charge in [-0.25, -0.2) is 0 Å². The number of halogens is 1. The van der Waals surface area contributed by atoms with Gasteiger partial charge in [0.05, 0.1) is 19.3 Å². The smallest absolute Gasteiger partial charge is 0.191 e. The van der Waals surface area contributed by atoms with E-state index in [0.29, 0.717) is 31.7 Å². The van der Waals surface area contributed by atoms with Crippen LogP contribution in [0, 0.1) is 5.92 Å². The number of nitrogens with one attached hydrogen (secondary N) is 2. The Bertz CT molecular complexity index is 431. The number of guanidine groups is 1. The molecule has 2 fully saturated rings. The highest BCUT2D eigenvalue weighted by Crippen LogP contribution is 2.25. The SMILES string of the molecule is CCNC(=NCC(O)COCC(C)C)NC1CCCN(C2CCCCC2)C1.I. The second-order valence-corrected chi connectivity index (χ2v) is 8.58. The van der Waals surface area contributed by atoms with Crippen LogP contribution in [0.15, 0.2) is 4.99 Å². The first-order valence-electron chi connectivity index (χ1n) is 11.1. The van der Waals surface area contributed by atoms with Gasteiger partial charge in [0.2, 0.25) is 0 Å². The fourth-order valence-electron chi connectivity index (χ4n) is 4.10. The van der Waals surface area contributed by atoms with E-state index in [1.165, 1.54) is 51.5 Å². The summed E-state index contributed by atoms with van der Waals surface area (Å²) in [5, 5.41) is 17.0. The number of nitrogens with zero attached hydrogens (tertiary/aromatic N) is 2. The fourth-order valence-corrected chi connectivity index (χ4v) is 4.10. The van der Waals surface area contributed by atoms with Crippen LogP contribution in [0.3, 0.4) is 0 Å². The maximum Gasteiger partial charge on any atom is 0.191 e. The van der Waals surface area contributed by atoms with Crippen LogP contribution >= 0.6 is 24.0 Å². The van der Waals surface area contributed by atoms with Gasteiger partial charge < -0.3 is 20.5 Å². The molecule has 3 N–H and O–H groups in total. The van der Waals surface area contributed by atoms with Gasteiger partial charge in [0, 0.05) is 31.8 Å². The third kappa shape index (κ3) is 10.1. The van der Waals surface area contributed by atoms with Gasteiger partial charge >= 0.3 is 0 Å². The molecule has 0 radical (unpaired) electrons. The molecule has 0 amide bonds. The van der Waals surface area contributed by atoms with Crippen molar-refractivity contribution in [2.45, 2.75) is 83.9 Å². The quantitative estimate of drug-likeness (QED) is 0.253. The maximum absolute atomic E-state index is 10.1. The lowest BCUT2D eigenvalue weighted by atomic mass is 9.92. The summed E-state index contributed by atoms with van der Waals surface area (Å²) < 4.78 is 5.51. The molecule has 6 nitrogen and oxygen atoms in total. The van der Waals surface area contributed by atoms with Crippen LogP contribution in [0.25, 0.3) is 0 Å². The zero-order valence-corrected chi connectivity index (χ0v) is 20.5. The second-order valence-electron chi connectivity index (χ2n) is 8.58. The molecule has 1 aliphatic heterocycles. The Morgan fingerprint density at radius 2 is 1.89 bits per heavy atom. The molecule has 7 heteroatoms. The van der Waals surface area contributed by atoms with Gasteiger partial charge in [-0.15, -0.1) is 24.0 Å². The van der Waals surface area contributed by atoms with E-state index in [2.05, 4.69) is 41.3 Å². The summed E-state index contributed by atoms with van der Waals surface area (Å²) in [6, 6.07) is 1.22. The van der Waals surface area contributed by atoms with Gasteiger partial charge in [-0.2, -0.15) is 0 Å². The van der Waals surface area contributed by atoms with E-state index in [0.717, 1.165) is 25.1 Å². The minimum atomic E-state index is -0.552. The third-order valence-corrected chi connectivity index (χ3v) is 5.45. The topological polar surface area (TPSA) is 69.1 Å². The summed E-state index contributed by atoms with van der Waals surface area (Å²) in [6.07, 6.45) is 8.80. The number of hydrogen-bond acceptors (Lipinski definition) is 4. The summed E-state index contributed by atoms with van der Waals surface area (Å²) >= 11 is 0. The van der Waals surface area contributed by atoms with Gasteiger partial charge in [0.25, 0.3) is 0 Å². The van der Waals surface area contributed by atoms with Crippen molar-refractivity contribution in [3.05, 3.63) is 0 Å². The molecule has 0 bridgehead atoms. The molecule has 2 aliphatic rings. The van der Waals surface area contributed by atoms with Gasteiger partial charge in [-0.1, -0.05) is 33.1 Å². The predicted molar refractivity (Wildman–Crippen MR) is 128 cm³/mol. The normalized spacial score (nSPS) is 23.3. The van der Waals surface area contributed by atoms with Gasteiger partial charge in [0.1, 0.15) is 0 Å². The first kappa shape index (κ1) is 25.9. The Hall–Kier alpha value is -0.120. The average Bonchev–Trinajstić information content (AvgIpc) is 2.67. The monoisotopic (exact) mass is 510 g/mol. The van der Waals surface area contributed by atoms with Crippen LogP contribution in [-0.4, -0.2) is 73.5 Å². The number of likely N-dealkylation sites (tertiary alicyclic amines) is 1. The van der Waals surface area contributed by atoms with E-state index in [-0.39, 0.29) is 24.0 Å². The van der Waals surface area contributed by atoms with Crippen LogP contribution < -0.4 is 10.6 Å². The Morgan fingerprint density at radius 1 is 1.14 bits per heavy atom. The zero-order chi connectivity index (χ0) is 19.5. The summed E-state index contributed by atoms with van der Waals surface area (Å²) in [4.78, 5) is 7.28. The van der Waals surface area contributed by atoms with E-state index >= 15 is 0 Å². The first-order chi connectivity index (χ1) is 13.1. The van der Waals surface area contributed by atoms with Crippen molar-refractivity contribution in [3.63, 3.8) is 0 Å². The summed E-state index contributed by atoms with van der Waals surface area (Å²) in [7, 11) is 0. The number of aliphatic hydroxyl groups is 1. The third-order valence-electron chi connectivity index (χ3n) is 5.45. The zero-order valence-electron chi connectivity index (χ0n) is 18.2. The van der Waals surface area contributed by atoms with E-state index < -0.39 is 6.10 Å². The van der Waals surface area contributed by atoms with Crippen LogP contribution in [0.2, 0.25) is 0 Å². The Balaban J connectivity index is 0.00000392. The van der Waals surface area contributed by atoms with Crippen LogP contribution in [-0.2, 0) is 4.74 Å². The molecule has 2 unspecified atom stereocenters. The number of hydrogen-bond donors (Lipinski definition) is 3. The minimum Gasteiger partial charge on any atom is -0.389 e. The molecule has 1 heterocycles. The number of piperidine rings is 1. The van der Waals surface area contributed by atoms with E-state index in [1.807, 2.05) is 0 Å². The van der Waals surface area contributed by atoms with Gasteiger partial charge in [0.15, 0.2) is 5.96 Å². The average molecular weight is 511 g/mol. The molecule has 1 saturated heterocycles. The highest BCUT2D eigenvalue weighted by Gasteiger charge is 2.27. The van der Waals surface area contributed by atoms with Gasteiger partial charge in [-0.05, 0) is 45.1 Å². The van der Waals surface area contributed by atoms with Gasteiger partial charge in [-0.3, -0.25) is 9.89 Å². The molecule has 0 aromatic heterocycles. The number of ether oxygens (including phenoxy) is 1. The molecule has 2 rings (SSSR count). The largest absolute Gasteiger partial charge is 0.389 e. The standard InChI is InChI=1S/C21H42N4O2.HI/c1-4-22-21(23-13-20(26)16-27-15-17(2)3)24-18-9-8-12-25(14-18)19-10-6-5-7-11-19;/h17-20,26H,4-16H2,1-3H3,(H2,22,23,24);1H. The number of aliphatic hydroxyl groups excluding tert-OH is 1. The van der Waals surface area contributed by atoms with Crippen molar-refractivity contribution >= 4 is 29.9 Å². The molecule has 1 aliphatic carbocycles. The fraction of sp³-hybridized carbons (Fsp3) is 0.952. The Labute approximate surface area is 189 Å². The van der Waals surface area contributed by atoms with E-state index in [9.17, 15) is 5.11 Å². The number of aliphatic imine (C=N–C) groups is 1. The second kappa shape index (κ2) is 14.8. The predicted octanol–water partition coefficient (Wildman–Crippen LogP) is 2.99. The molecular formula is C21H43IN4O2. The molecule has 2 atom stereocenters. The van der Waals surface area contributed by atoms with Crippen LogP contribution in [0.4, 0.5) is 0 Å². The molecule has 0 spiro atoms. The molecule has 0 aromatic rings. The van der Waals surface area contributed by atoms with Crippen molar-refractivity contribution in [3.8, 4) is 0 Å². The number of rotatable bonds is 9. The van der Waals surface area contributed by atoms with Crippen molar-refractivity contribution in [1.29, 1.82) is 0 Å². The van der Waals surface area contributed by atoms with Crippen molar-refractivity contribution in [2.75, 3.05) is 39.4 Å². The molecule has 166 valence electrons. The minimum absolute atomic E-state index is 0. The lowest BCUT2D eigenvalue weighted by molar-refractivity contribution is 0.0301. The lowest BCUT2D eigenvalue weighted by Gasteiger charge is -2.40. The van der Waals surface area contributed by atoms with Crippen molar-refractivity contribution in [1.82, 2.24) is 15.5 Å². The molecule has 0 aromatic carbocycles. The summed E-state index contributed by atoms with van der Waals surface area (Å²) in [5.41, 5.74) is 0. The Kier molecular flexibility index (Phi) is 13.7. The molecular weight excluding hydrogens is 467 g/mol. The molecule has 1 saturated carbocycles. The van der Waals surface area contributed by atoms with Crippen molar-refractivity contribution in [2.24, 2.45) is 10.9 Å². The first-order valence-corrected chi connectivity index (χ1v) is 11.1. The Morgan fingerprint density at radius 3 is 2.57 bits per heavy atom. The summed E-state index contributed by atoms with van der Waals surface area (Å²) in [6.45, 7) is 10.9. The maximum atomic E-state index is 10.1. The van der Waals surface area contributed by atoms with E-state index in [4.69, 9.17) is 4.74 Å². The lowest BCUT2D eigenvalue weighted by Crippen LogP contribution is -2.53.